The summed E-state index contributed by atoms with van der Waals surface area (Å²) in [7, 11) is 0. The maximum absolute atomic E-state index is 6.27. The Hall–Kier alpha value is -3.04. The van der Waals surface area contributed by atoms with Crippen LogP contribution in [0.25, 0.3) is 16.8 Å². The Morgan fingerprint density at radius 3 is 2.55 bits per heavy atom. The van der Waals surface area contributed by atoms with Crippen LogP contribution in [-0.2, 0) is 6.42 Å². The number of hydrogen-bond donors (Lipinski definition) is 0. The molecule has 4 heteroatoms. The molecule has 2 aliphatic rings. The second-order valence-corrected chi connectivity index (χ2v) is 8.52. The number of hydrogen-bond acceptors (Lipinski definition) is 3. The lowest BCUT2D eigenvalue weighted by molar-refractivity contribution is 0.531. The third kappa shape index (κ3) is 3.64. The van der Waals surface area contributed by atoms with Crippen LogP contribution in [0, 0.1) is 6.92 Å². The first kappa shape index (κ1) is 19.9. The van der Waals surface area contributed by atoms with Gasteiger partial charge in [-0.05, 0) is 66.3 Å². The van der Waals surface area contributed by atoms with Gasteiger partial charge in [0.25, 0.3) is 0 Å². The zero-order valence-electron chi connectivity index (χ0n) is 18.0. The van der Waals surface area contributed by atoms with E-state index in [0.717, 1.165) is 42.6 Å². The van der Waals surface area contributed by atoms with Crippen molar-refractivity contribution in [2.24, 2.45) is 4.99 Å². The molecule has 0 fully saturated rings. The van der Waals surface area contributed by atoms with Gasteiger partial charge < -0.3 is 4.90 Å². The minimum Gasteiger partial charge on any atom is -0.310 e. The summed E-state index contributed by atoms with van der Waals surface area (Å²) in [4.78, 5) is 9.46. The standard InChI is InChI=1S/C27H26ClN3/c1-3-20-17-22(28)11-14-25(20)26-18-31(27-29-15-6-16-30(26)27)23-12-9-21(10-13-23)24-8-5-4-7-19(24)2/h4-5,7-14,17-18H,3,6,15-16H2,1-2H3. The van der Waals surface area contributed by atoms with Crippen molar-refractivity contribution < 1.29 is 0 Å². The summed E-state index contributed by atoms with van der Waals surface area (Å²) in [6, 6.07) is 23.5. The third-order valence-electron chi connectivity index (χ3n) is 6.12. The van der Waals surface area contributed by atoms with Crippen LogP contribution in [0.2, 0.25) is 5.02 Å². The maximum Gasteiger partial charge on any atom is 0.210 e. The Morgan fingerprint density at radius 1 is 0.968 bits per heavy atom. The first-order valence-corrected chi connectivity index (χ1v) is 11.3. The zero-order chi connectivity index (χ0) is 21.4. The first-order valence-electron chi connectivity index (χ1n) is 10.9. The van der Waals surface area contributed by atoms with Gasteiger partial charge in [-0.2, -0.15) is 0 Å². The van der Waals surface area contributed by atoms with Crippen molar-refractivity contribution in [3.8, 4) is 11.1 Å². The highest BCUT2D eigenvalue weighted by Gasteiger charge is 2.32. The molecule has 156 valence electrons. The fourth-order valence-electron chi connectivity index (χ4n) is 4.49. The van der Waals surface area contributed by atoms with Gasteiger partial charge in [-0.3, -0.25) is 9.89 Å². The van der Waals surface area contributed by atoms with E-state index in [0.29, 0.717) is 0 Å². The van der Waals surface area contributed by atoms with E-state index in [4.69, 9.17) is 16.6 Å². The number of anilines is 1. The molecule has 0 atom stereocenters. The molecule has 3 nitrogen and oxygen atoms in total. The molecular formula is C27H26ClN3. The number of nitrogens with zero attached hydrogens (tertiary/aromatic N) is 3. The maximum atomic E-state index is 6.27. The molecule has 2 aliphatic heterocycles. The van der Waals surface area contributed by atoms with Crippen LogP contribution in [-0.4, -0.2) is 23.9 Å². The molecule has 0 unspecified atom stereocenters. The van der Waals surface area contributed by atoms with E-state index in [1.807, 2.05) is 6.07 Å². The van der Waals surface area contributed by atoms with Gasteiger partial charge in [-0.15, -0.1) is 0 Å². The van der Waals surface area contributed by atoms with Gasteiger partial charge in [-0.1, -0.05) is 61.0 Å². The van der Waals surface area contributed by atoms with E-state index in [1.54, 1.807) is 0 Å². The lowest BCUT2D eigenvalue weighted by Crippen LogP contribution is -2.38. The number of aliphatic imine (C=N–C) groups is 1. The molecule has 2 heterocycles. The minimum absolute atomic E-state index is 0.787. The molecular weight excluding hydrogens is 402 g/mol. The lowest BCUT2D eigenvalue weighted by atomic mass is 10.0. The summed E-state index contributed by atoms with van der Waals surface area (Å²) < 4.78 is 0. The second-order valence-electron chi connectivity index (χ2n) is 8.09. The van der Waals surface area contributed by atoms with Crippen LogP contribution in [0.1, 0.15) is 30.0 Å². The average Bonchev–Trinajstić information content (AvgIpc) is 3.19. The molecule has 0 saturated carbocycles. The fraction of sp³-hybridized carbons (Fsp3) is 0.222. The molecule has 0 N–H and O–H groups in total. The average molecular weight is 428 g/mol. The number of aryl methyl sites for hydroxylation is 2. The topological polar surface area (TPSA) is 18.8 Å². The van der Waals surface area contributed by atoms with Crippen LogP contribution in [0.5, 0.6) is 0 Å². The van der Waals surface area contributed by atoms with E-state index in [-0.39, 0.29) is 0 Å². The van der Waals surface area contributed by atoms with Gasteiger partial charge in [0.1, 0.15) is 0 Å². The van der Waals surface area contributed by atoms with Crippen molar-refractivity contribution in [1.29, 1.82) is 0 Å². The summed E-state index contributed by atoms with van der Waals surface area (Å²) in [5.41, 5.74) is 8.63. The van der Waals surface area contributed by atoms with E-state index >= 15 is 0 Å². The number of benzene rings is 3. The highest BCUT2D eigenvalue weighted by molar-refractivity contribution is 6.30. The second kappa shape index (κ2) is 8.24. The highest BCUT2D eigenvalue weighted by atomic mass is 35.5. The third-order valence-corrected chi connectivity index (χ3v) is 6.35. The molecule has 31 heavy (non-hydrogen) atoms. The first-order chi connectivity index (χ1) is 15.2. The van der Waals surface area contributed by atoms with Crippen LogP contribution < -0.4 is 4.90 Å². The van der Waals surface area contributed by atoms with Crippen molar-refractivity contribution in [2.75, 3.05) is 18.0 Å². The molecule has 0 amide bonds. The number of guanidine groups is 1. The summed E-state index contributed by atoms with van der Waals surface area (Å²) in [5.74, 6) is 1.02. The Labute approximate surface area is 189 Å². The highest BCUT2D eigenvalue weighted by Crippen LogP contribution is 2.36. The predicted molar refractivity (Wildman–Crippen MR) is 132 cm³/mol. The minimum atomic E-state index is 0.787. The van der Waals surface area contributed by atoms with E-state index in [2.05, 4.69) is 90.5 Å². The van der Waals surface area contributed by atoms with Crippen LogP contribution in [0.3, 0.4) is 0 Å². The van der Waals surface area contributed by atoms with E-state index in [9.17, 15) is 0 Å². The van der Waals surface area contributed by atoms with Crippen LogP contribution in [0.15, 0.2) is 77.9 Å². The Bertz CT molecular complexity index is 1180. The van der Waals surface area contributed by atoms with E-state index in [1.165, 1.54) is 33.5 Å². The molecule has 5 rings (SSSR count). The van der Waals surface area contributed by atoms with Crippen molar-refractivity contribution in [2.45, 2.75) is 26.7 Å². The number of halogens is 1. The zero-order valence-corrected chi connectivity index (χ0v) is 18.7. The summed E-state index contributed by atoms with van der Waals surface area (Å²) >= 11 is 6.27. The molecule has 0 aliphatic carbocycles. The van der Waals surface area contributed by atoms with E-state index < -0.39 is 0 Å². The smallest absolute Gasteiger partial charge is 0.210 e. The van der Waals surface area contributed by atoms with Crippen molar-refractivity contribution in [3.05, 3.63) is 94.6 Å². The van der Waals surface area contributed by atoms with Crippen LogP contribution in [0.4, 0.5) is 5.69 Å². The summed E-state index contributed by atoms with van der Waals surface area (Å²) in [6.45, 7) is 6.18. The van der Waals surface area contributed by atoms with Gasteiger partial charge in [-0.25, -0.2) is 0 Å². The fourth-order valence-corrected chi connectivity index (χ4v) is 4.68. The predicted octanol–water partition coefficient (Wildman–Crippen LogP) is 6.76. The normalized spacial score (nSPS) is 15.6. The lowest BCUT2D eigenvalue weighted by Gasteiger charge is -2.29. The summed E-state index contributed by atoms with van der Waals surface area (Å²) in [6.07, 6.45) is 4.24. The molecule has 0 aromatic heterocycles. The number of rotatable bonds is 4. The summed E-state index contributed by atoms with van der Waals surface area (Å²) in [5, 5.41) is 0.787. The molecule has 0 spiro atoms. The number of fused-ring (bicyclic) bond motifs is 1. The van der Waals surface area contributed by atoms with Crippen molar-refractivity contribution >= 4 is 28.9 Å². The monoisotopic (exact) mass is 427 g/mol. The molecule has 0 bridgehead atoms. The van der Waals surface area contributed by atoms with Crippen LogP contribution >= 0.6 is 11.6 Å². The SMILES string of the molecule is CCc1cc(Cl)ccc1C1=CN(c2ccc(-c3ccccc3C)cc2)C2=NCCCN12. The Balaban J connectivity index is 1.54. The van der Waals surface area contributed by atoms with Gasteiger partial charge in [0.2, 0.25) is 5.96 Å². The Kier molecular flexibility index (Phi) is 5.29. The molecule has 3 aromatic rings. The van der Waals surface area contributed by atoms with Gasteiger partial charge in [0.15, 0.2) is 0 Å². The quantitative estimate of drug-likeness (QED) is 0.458. The largest absolute Gasteiger partial charge is 0.310 e. The van der Waals surface area contributed by atoms with Crippen molar-refractivity contribution in [3.63, 3.8) is 0 Å². The molecule has 0 saturated heterocycles. The molecule has 3 aromatic carbocycles. The van der Waals surface area contributed by atoms with Crippen molar-refractivity contribution in [1.82, 2.24) is 4.90 Å². The van der Waals surface area contributed by atoms with Gasteiger partial charge in [0, 0.05) is 35.6 Å². The Morgan fingerprint density at radius 2 is 1.77 bits per heavy atom. The molecule has 0 radical (unpaired) electrons. The van der Waals surface area contributed by atoms with Gasteiger partial charge >= 0.3 is 0 Å². The van der Waals surface area contributed by atoms with Gasteiger partial charge in [0.05, 0.1) is 5.70 Å².